The zero-order chi connectivity index (χ0) is 19.4. The molecule has 9 heteroatoms. The van der Waals surface area contributed by atoms with E-state index in [1.807, 2.05) is 51.4 Å². The normalized spacial score (nSPS) is 11.0. The average molecular weight is 438 g/mol. The van der Waals surface area contributed by atoms with Crippen LogP contribution in [-0.2, 0) is 11.8 Å². The van der Waals surface area contributed by atoms with Gasteiger partial charge in [-0.25, -0.2) is 4.98 Å². The number of nitrogens with zero attached hydrogens (tertiary/aromatic N) is 3. The van der Waals surface area contributed by atoms with Gasteiger partial charge in [0.2, 0.25) is 11.8 Å². The monoisotopic (exact) mass is 437 g/mol. The van der Waals surface area contributed by atoms with Gasteiger partial charge in [-0.3, -0.25) is 9.48 Å². The molecular weight excluding hydrogens is 413 g/mol. The topological polar surface area (TPSA) is 81.1 Å². The molecule has 2 aromatic heterocycles. The van der Waals surface area contributed by atoms with Crippen molar-refractivity contribution < 1.29 is 9.53 Å². The third kappa shape index (κ3) is 6.19. The molecule has 0 aliphatic heterocycles. The maximum absolute atomic E-state index is 12.7. The average Bonchev–Trinajstić information content (AvgIpc) is 3.04. The molecule has 3 rings (SSSR count). The number of carbonyl (C=O) groups is 1. The van der Waals surface area contributed by atoms with Crippen molar-refractivity contribution in [3.8, 4) is 11.6 Å². The first-order valence-corrected chi connectivity index (χ1v) is 8.64. The van der Waals surface area contributed by atoms with Crippen LogP contribution in [0.4, 0.5) is 5.69 Å². The number of ether oxygens (including phenoxy) is 1. The Kier molecular flexibility index (Phi) is 9.10. The fraction of sp³-hybridized carbons (Fsp3) is 0.250. The first kappa shape index (κ1) is 24.4. The fourth-order valence-corrected chi connectivity index (χ4v) is 2.72. The van der Waals surface area contributed by atoms with Crippen molar-refractivity contribution in [3.05, 3.63) is 65.6 Å². The van der Waals surface area contributed by atoms with Gasteiger partial charge in [0.1, 0.15) is 11.8 Å². The van der Waals surface area contributed by atoms with Gasteiger partial charge >= 0.3 is 0 Å². The lowest BCUT2D eigenvalue weighted by molar-refractivity contribution is -0.118. The summed E-state index contributed by atoms with van der Waals surface area (Å²) in [5.41, 5.74) is 3.46. The Morgan fingerprint density at radius 2 is 1.93 bits per heavy atom. The summed E-state index contributed by atoms with van der Waals surface area (Å²) in [6.07, 6.45) is 5.19. The third-order valence-electron chi connectivity index (χ3n) is 4.17. The summed E-state index contributed by atoms with van der Waals surface area (Å²) in [5, 5.41) is 10.1. The Morgan fingerprint density at radius 3 is 2.55 bits per heavy atom. The fourth-order valence-electron chi connectivity index (χ4n) is 2.72. The van der Waals surface area contributed by atoms with Crippen LogP contribution in [0.5, 0.6) is 11.6 Å². The molecule has 0 saturated heterocycles. The highest BCUT2D eigenvalue weighted by molar-refractivity contribution is 5.95. The smallest absolute Gasteiger partial charge is 0.246 e. The minimum atomic E-state index is -0.497. The van der Waals surface area contributed by atoms with E-state index in [0.29, 0.717) is 17.3 Å². The first-order chi connectivity index (χ1) is 13.0. The van der Waals surface area contributed by atoms with Gasteiger partial charge in [0.05, 0.1) is 6.20 Å². The molecule has 0 bridgehead atoms. The van der Waals surface area contributed by atoms with Gasteiger partial charge in [0, 0.05) is 42.8 Å². The van der Waals surface area contributed by atoms with Crippen LogP contribution >= 0.6 is 24.8 Å². The highest BCUT2D eigenvalue weighted by atomic mass is 35.5. The number of benzene rings is 1. The van der Waals surface area contributed by atoms with Crippen molar-refractivity contribution in [2.75, 3.05) is 12.4 Å². The molecule has 0 aliphatic rings. The summed E-state index contributed by atoms with van der Waals surface area (Å²) in [4.78, 5) is 16.9. The Labute approximate surface area is 182 Å². The molecule has 1 aromatic carbocycles. The zero-order valence-electron chi connectivity index (χ0n) is 16.7. The summed E-state index contributed by atoms with van der Waals surface area (Å²) >= 11 is 0. The lowest BCUT2D eigenvalue weighted by Gasteiger charge is -2.16. The maximum atomic E-state index is 12.7. The molecule has 7 nitrogen and oxygen atoms in total. The van der Waals surface area contributed by atoms with Crippen LogP contribution in [0, 0.1) is 13.8 Å². The molecule has 0 spiro atoms. The summed E-state index contributed by atoms with van der Waals surface area (Å²) in [6, 6.07) is 8.82. The van der Waals surface area contributed by atoms with Gasteiger partial charge in [-0.05, 0) is 44.2 Å². The second-order valence-corrected chi connectivity index (χ2v) is 6.41. The van der Waals surface area contributed by atoms with Gasteiger partial charge in [-0.1, -0.05) is 6.07 Å². The molecule has 0 fully saturated rings. The Bertz CT molecular complexity index is 962. The molecule has 0 radical (unpaired) electrons. The summed E-state index contributed by atoms with van der Waals surface area (Å²) in [7, 11) is 3.56. The number of amides is 1. The van der Waals surface area contributed by atoms with E-state index in [-0.39, 0.29) is 30.7 Å². The molecule has 1 unspecified atom stereocenters. The number of carbonyl (C=O) groups excluding carboxylic acids is 1. The molecule has 0 saturated carbocycles. The minimum absolute atomic E-state index is 0. The molecule has 3 aromatic rings. The standard InChI is InChI=1S/C20H23N5O2.2ClH/c1-13-7-8-22-18(9-13)27-17-10-16(6-5-14(17)2)24-20(26)19(21-3)15-11-23-25(4)12-15;;/h5-12,19,21H,1-4H3,(H,24,26);2*1H. The summed E-state index contributed by atoms with van der Waals surface area (Å²) < 4.78 is 7.56. The molecule has 2 heterocycles. The zero-order valence-corrected chi connectivity index (χ0v) is 18.3. The van der Waals surface area contributed by atoms with E-state index < -0.39 is 6.04 Å². The minimum Gasteiger partial charge on any atom is -0.439 e. The van der Waals surface area contributed by atoms with Crippen LogP contribution in [0.15, 0.2) is 48.9 Å². The number of aromatic nitrogens is 3. The first-order valence-electron chi connectivity index (χ1n) is 8.64. The van der Waals surface area contributed by atoms with E-state index in [1.165, 1.54) is 0 Å². The maximum Gasteiger partial charge on any atom is 0.246 e. The summed E-state index contributed by atoms with van der Waals surface area (Å²) in [6.45, 7) is 3.93. The lowest BCUT2D eigenvalue weighted by Crippen LogP contribution is -2.30. The largest absolute Gasteiger partial charge is 0.439 e. The van der Waals surface area contributed by atoms with Crippen LogP contribution < -0.4 is 15.4 Å². The molecule has 29 heavy (non-hydrogen) atoms. The number of hydrogen-bond donors (Lipinski definition) is 2. The Hall–Kier alpha value is -2.61. The van der Waals surface area contributed by atoms with Gasteiger partial charge in [0.25, 0.3) is 0 Å². The van der Waals surface area contributed by atoms with Crippen LogP contribution in [-0.4, -0.2) is 27.7 Å². The number of hydrogen-bond acceptors (Lipinski definition) is 5. The quantitative estimate of drug-likeness (QED) is 0.609. The molecule has 156 valence electrons. The number of likely N-dealkylation sites (N-methyl/N-ethyl adjacent to an activating group) is 1. The van der Waals surface area contributed by atoms with Crippen LogP contribution in [0.1, 0.15) is 22.7 Å². The molecular formula is C20H25Cl2N5O2. The number of pyridine rings is 1. The van der Waals surface area contributed by atoms with E-state index in [9.17, 15) is 4.79 Å². The number of halogens is 2. The number of aryl methyl sites for hydroxylation is 3. The number of nitrogens with one attached hydrogen (secondary N) is 2. The highest BCUT2D eigenvalue weighted by Crippen LogP contribution is 2.28. The lowest BCUT2D eigenvalue weighted by atomic mass is 10.1. The van der Waals surface area contributed by atoms with Crippen molar-refractivity contribution in [1.29, 1.82) is 0 Å². The van der Waals surface area contributed by atoms with E-state index in [4.69, 9.17) is 4.74 Å². The second-order valence-electron chi connectivity index (χ2n) is 6.41. The van der Waals surface area contributed by atoms with Gasteiger partial charge in [-0.15, -0.1) is 24.8 Å². The number of rotatable bonds is 6. The van der Waals surface area contributed by atoms with E-state index in [0.717, 1.165) is 16.7 Å². The van der Waals surface area contributed by atoms with Crippen molar-refractivity contribution in [2.45, 2.75) is 19.9 Å². The molecule has 1 atom stereocenters. The van der Waals surface area contributed by atoms with Crippen LogP contribution in [0.25, 0.3) is 0 Å². The Morgan fingerprint density at radius 1 is 1.17 bits per heavy atom. The van der Waals surface area contributed by atoms with Crippen molar-refractivity contribution in [1.82, 2.24) is 20.1 Å². The Balaban J connectivity index is 0.00000210. The highest BCUT2D eigenvalue weighted by Gasteiger charge is 2.20. The third-order valence-corrected chi connectivity index (χ3v) is 4.17. The molecule has 1 amide bonds. The predicted molar refractivity (Wildman–Crippen MR) is 118 cm³/mol. The van der Waals surface area contributed by atoms with Gasteiger partial charge in [-0.2, -0.15) is 5.10 Å². The van der Waals surface area contributed by atoms with Crippen molar-refractivity contribution in [2.24, 2.45) is 7.05 Å². The number of anilines is 1. The molecule has 2 N–H and O–H groups in total. The SMILES string of the molecule is CNC(C(=O)Nc1ccc(C)c(Oc2cc(C)ccn2)c1)c1cnn(C)c1.Cl.Cl. The van der Waals surface area contributed by atoms with Crippen molar-refractivity contribution in [3.63, 3.8) is 0 Å². The van der Waals surface area contributed by atoms with Gasteiger partial charge in [0.15, 0.2) is 0 Å². The van der Waals surface area contributed by atoms with Gasteiger partial charge < -0.3 is 15.4 Å². The van der Waals surface area contributed by atoms with Crippen LogP contribution in [0.3, 0.4) is 0 Å². The predicted octanol–water partition coefficient (Wildman–Crippen LogP) is 3.97. The van der Waals surface area contributed by atoms with E-state index in [1.54, 1.807) is 30.2 Å². The molecule has 0 aliphatic carbocycles. The summed E-state index contributed by atoms with van der Waals surface area (Å²) in [5.74, 6) is 0.993. The van der Waals surface area contributed by atoms with Crippen LogP contribution in [0.2, 0.25) is 0 Å². The van der Waals surface area contributed by atoms with E-state index >= 15 is 0 Å². The van der Waals surface area contributed by atoms with Crippen molar-refractivity contribution >= 4 is 36.4 Å². The van der Waals surface area contributed by atoms with E-state index in [2.05, 4.69) is 20.7 Å². The second kappa shape index (κ2) is 10.8.